The summed E-state index contributed by atoms with van der Waals surface area (Å²) in [7, 11) is 1.47. The van der Waals surface area contributed by atoms with Crippen LogP contribution in [0.5, 0.6) is 0 Å². The predicted molar refractivity (Wildman–Crippen MR) is 121 cm³/mol. The van der Waals surface area contributed by atoms with Crippen molar-refractivity contribution < 1.29 is 9.53 Å². The number of thiophene rings is 1. The number of carbonyl (C=O) groups excluding carboxylic acids is 1. The van der Waals surface area contributed by atoms with E-state index < -0.39 is 0 Å². The molecule has 0 N–H and O–H groups in total. The van der Waals surface area contributed by atoms with Crippen LogP contribution in [0.4, 0.5) is 0 Å². The molecule has 6 nitrogen and oxygen atoms in total. The molecule has 1 aliphatic heterocycles. The number of piperidine rings is 1. The Morgan fingerprint density at radius 1 is 1.23 bits per heavy atom. The maximum Gasteiger partial charge on any atom is 0.307 e. The summed E-state index contributed by atoms with van der Waals surface area (Å²) in [4.78, 5) is 15.6. The lowest BCUT2D eigenvalue weighted by molar-refractivity contribution is -0.142. The Hall–Kier alpha value is -1.51. The molecule has 30 heavy (non-hydrogen) atoms. The summed E-state index contributed by atoms with van der Waals surface area (Å²) >= 11 is 7.73. The molecular weight excluding hydrogens is 416 g/mol. The highest BCUT2D eigenvalue weighted by Crippen LogP contribution is 2.31. The molecular formula is C22H32N4O2S2. The second kappa shape index (κ2) is 10.2. The van der Waals surface area contributed by atoms with Gasteiger partial charge in [0.25, 0.3) is 0 Å². The van der Waals surface area contributed by atoms with Gasteiger partial charge in [0.2, 0.25) is 0 Å². The van der Waals surface area contributed by atoms with E-state index >= 15 is 0 Å². The van der Waals surface area contributed by atoms with Crippen LogP contribution in [0.3, 0.4) is 0 Å². The minimum Gasteiger partial charge on any atom is -0.469 e. The van der Waals surface area contributed by atoms with E-state index in [1.807, 2.05) is 4.68 Å². The van der Waals surface area contributed by atoms with Gasteiger partial charge in [-0.15, -0.1) is 11.3 Å². The van der Waals surface area contributed by atoms with E-state index in [0.29, 0.717) is 19.1 Å². The fraction of sp³-hybridized carbons (Fsp3) is 0.682. The van der Waals surface area contributed by atoms with Crippen LogP contribution < -0.4 is 0 Å². The largest absolute Gasteiger partial charge is 0.469 e. The van der Waals surface area contributed by atoms with Gasteiger partial charge in [0.05, 0.1) is 20.2 Å². The van der Waals surface area contributed by atoms with E-state index in [9.17, 15) is 4.79 Å². The highest BCUT2D eigenvalue weighted by molar-refractivity contribution is 7.71. The highest BCUT2D eigenvalue weighted by atomic mass is 32.1. The number of esters is 1. The lowest BCUT2D eigenvalue weighted by Crippen LogP contribution is -2.42. The maximum absolute atomic E-state index is 11.9. The molecule has 0 bridgehead atoms. The van der Waals surface area contributed by atoms with E-state index in [2.05, 4.69) is 27.0 Å². The Morgan fingerprint density at radius 2 is 2.03 bits per heavy atom. The lowest BCUT2D eigenvalue weighted by Gasteiger charge is -2.34. The molecule has 1 saturated carbocycles. The molecule has 2 aromatic heterocycles. The lowest BCUT2D eigenvalue weighted by atomic mass is 9.95. The van der Waals surface area contributed by atoms with Crippen molar-refractivity contribution in [1.82, 2.24) is 19.2 Å². The third-order valence-electron chi connectivity index (χ3n) is 6.49. The molecule has 0 unspecified atom stereocenters. The number of ether oxygens (including phenoxy) is 1. The van der Waals surface area contributed by atoms with Gasteiger partial charge >= 0.3 is 5.97 Å². The molecule has 0 radical (unpaired) electrons. The number of carbonyl (C=O) groups is 1. The summed E-state index contributed by atoms with van der Waals surface area (Å²) in [6, 6.07) is 4.94. The van der Waals surface area contributed by atoms with Crippen LogP contribution in [0.2, 0.25) is 0 Å². The second-order valence-electron chi connectivity index (χ2n) is 8.50. The SMILES string of the molecule is COC(=O)C[C@@H]1CCCCN1Cn1nc(Cc2cccs2)n(C2CCCCC2)c1=S. The molecule has 8 heteroatoms. The summed E-state index contributed by atoms with van der Waals surface area (Å²) in [6.07, 6.45) is 10.8. The first-order valence-corrected chi connectivity index (χ1v) is 12.5. The molecule has 0 spiro atoms. The third kappa shape index (κ3) is 5.03. The minimum absolute atomic E-state index is 0.137. The van der Waals surface area contributed by atoms with Crippen LogP contribution in [0.25, 0.3) is 0 Å². The normalized spacial score (nSPS) is 21.0. The van der Waals surface area contributed by atoms with Crippen LogP contribution in [0.1, 0.15) is 74.5 Å². The Bertz CT molecular complexity index is 884. The monoisotopic (exact) mass is 448 g/mol. The smallest absolute Gasteiger partial charge is 0.307 e. The number of methoxy groups -OCH3 is 1. The van der Waals surface area contributed by atoms with Crippen LogP contribution in [-0.4, -0.2) is 44.9 Å². The van der Waals surface area contributed by atoms with Gasteiger partial charge in [-0.2, -0.15) is 5.10 Å². The van der Waals surface area contributed by atoms with Crippen molar-refractivity contribution in [2.24, 2.45) is 0 Å². The van der Waals surface area contributed by atoms with Gasteiger partial charge in [0, 0.05) is 29.9 Å². The zero-order chi connectivity index (χ0) is 20.9. The van der Waals surface area contributed by atoms with Crippen molar-refractivity contribution >= 4 is 29.5 Å². The fourth-order valence-electron chi connectivity index (χ4n) is 4.88. The summed E-state index contributed by atoms with van der Waals surface area (Å²) in [5.41, 5.74) is 0. The standard InChI is InChI=1S/C22H32N4O2S2/c1-28-21(27)14-18-10-5-6-12-24(18)16-25-22(29)26(17-8-3-2-4-9-17)20(23-25)15-19-11-7-13-30-19/h7,11,13,17-18H,2-6,8-10,12,14-16H2,1H3/t18-/m0/s1. The van der Waals surface area contributed by atoms with Crippen LogP contribution >= 0.6 is 23.6 Å². The van der Waals surface area contributed by atoms with Crippen LogP contribution in [0.15, 0.2) is 17.5 Å². The maximum atomic E-state index is 11.9. The topological polar surface area (TPSA) is 52.3 Å². The molecule has 3 heterocycles. The molecule has 0 amide bonds. The van der Waals surface area contributed by atoms with Crippen molar-refractivity contribution in [1.29, 1.82) is 0 Å². The van der Waals surface area contributed by atoms with Crippen molar-refractivity contribution in [3.8, 4) is 0 Å². The Kier molecular flexibility index (Phi) is 7.38. The minimum atomic E-state index is -0.137. The molecule has 2 aliphatic rings. The first kappa shape index (κ1) is 21.7. The van der Waals surface area contributed by atoms with Gasteiger partial charge in [-0.25, -0.2) is 4.68 Å². The van der Waals surface area contributed by atoms with Crippen molar-refractivity contribution in [3.63, 3.8) is 0 Å². The summed E-state index contributed by atoms with van der Waals surface area (Å²) in [5.74, 6) is 0.942. The molecule has 164 valence electrons. The third-order valence-corrected chi connectivity index (χ3v) is 7.77. The molecule has 0 aromatic carbocycles. The average Bonchev–Trinajstić information content (AvgIpc) is 3.38. The highest BCUT2D eigenvalue weighted by Gasteiger charge is 2.27. The fourth-order valence-corrected chi connectivity index (χ4v) is 5.93. The number of rotatable bonds is 7. The molecule has 1 atom stereocenters. The average molecular weight is 449 g/mol. The van der Waals surface area contributed by atoms with Crippen molar-refractivity contribution in [2.45, 2.75) is 83.0 Å². The first-order valence-electron chi connectivity index (χ1n) is 11.2. The summed E-state index contributed by atoms with van der Waals surface area (Å²) < 4.78 is 10.1. The van der Waals surface area contributed by atoms with E-state index in [1.165, 1.54) is 44.1 Å². The van der Waals surface area contributed by atoms with Gasteiger partial charge in [-0.05, 0) is 49.3 Å². The molecule has 2 fully saturated rings. The van der Waals surface area contributed by atoms with Gasteiger partial charge in [-0.3, -0.25) is 9.69 Å². The van der Waals surface area contributed by atoms with E-state index in [-0.39, 0.29) is 12.0 Å². The summed E-state index contributed by atoms with van der Waals surface area (Å²) in [5, 5.41) is 7.13. The van der Waals surface area contributed by atoms with E-state index in [4.69, 9.17) is 22.1 Å². The van der Waals surface area contributed by atoms with Gasteiger partial charge in [0.1, 0.15) is 5.82 Å². The van der Waals surface area contributed by atoms with Gasteiger partial charge in [-0.1, -0.05) is 31.7 Å². The number of hydrogen-bond acceptors (Lipinski definition) is 6. The number of likely N-dealkylation sites (tertiary alicyclic amines) is 1. The Labute approximate surface area is 187 Å². The zero-order valence-electron chi connectivity index (χ0n) is 17.8. The van der Waals surface area contributed by atoms with Crippen molar-refractivity contribution in [2.75, 3.05) is 13.7 Å². The number of hydrogen-bond donors (Lipinski definition) is 0. The van der Waals surface area contributed by atoms with Crippen LogP contribution in [0, 0.1) is 4.77 Å². The van der Waals surface area contributed by atoms with E-state index in [1.54, 1.807) is 11.3 Å². The summed E-state index contributed by atoms with van der Waals surface area (Å²) in [6.45, 7) is 1.62. The Balaban J connectivity index is 1.59. The number of nitrogens with zero attached hydrogens (tertiary/aromatic N) is 4. The molecule has 4 rings (SSSR count). The number of aromatic nitrogens is 3. The second-order valence-corrected chi connectivity index (χ2v) is 9.90. The Morgan fingerprint density at radius 3 is 2.77 bits per heavy atom. The molecule has 2 aromatic rings. The first-order chi connectivity index (χ1) is 14.7. The predicted octanol–water partition coefficient (Wildman–Crippen LogP) is 4.95. The molecule has 1 saturated heterocycles. The zero-order valence-corrected chi connectivity index (χ0v) is 19.4. The van der Waals surface area contributed by atoms with Gasteiger partial charge < -0.3 is 9.30 Å². The van der Waals surface area contributed by atoms with E-state index in [0.717, 1.165) is 42.8 Å². The van der Waals surface area contributed by atoms with Gasteiger partial charge in [0.15, 0.2) is 4.77 Å². The molecule has 1 aliphatic carbocycles. The quantitative estimate of drug-likeness (QED) is 0.443. The van der Waals surface area contributed by atoms with Crippen LogP contribution in [-0.2, 0) is 22.6 Å². The van der Waals surface area contributed by atoms with Crippen molar-refractivity contribution in [3.05, 3.63) is 33.0 Å².